The fourth-order valence-corrected chi connectivity index (χ4v) is 4.62. The van der Waals surface area contributed by atoms with Crippen molar-refractivity contribution in [2.45, 2.75) is 83.8 Å². The van der Waals surface area contributed by atoms with Crippen molar-refractivity contribution in [3.8, 4) is 0 Å². The van der Waals surface area contributed by atoms with Crippen LogP contribution in [-0.2, 0) is 9.31 Å². The van der Waals surface area contributed by atoms with E-state index in [1.165, 1.54) is 30.4 Å². The second-order valence-electron chi connectivity index (χ2n) is 9.50. The molecule has 2 atom stereocenters. The van der Waals surface area contributed by atoms with Gasteiger partial charge in [0.05, 0.1) is 11.2 Å². The van der Waals surface area contributed by atoms with Crippen LogP contribution < -0.4 is 5.46 Å². The molecule has 2 fully saturated rings. The van der Waals surface area contributed by atoms with Crippen LogP contribution in [0.1, 0.15) is 83.8 Å². The second-order valence-corrected chi connectivity index (χ2v) is 9.50. The third-order valence-electron chi connectivity index (χ3n) is 6.93. The van der Waals surface area contributed by atoms with Crippen LogP contribution in [0.5, 0.6) is 0 Å². The lowest BCUT2D eigenvalue weighted by Crippen LogP contribution is -2.41. The van der Waals surface area contributed by atoms with E-state index in [0.29, 0.717) is 11.8 Å². The molecule has 2 bridgehead atoms. The Kier molecular flexibility index (Phi) is 3.97. The molecule has 4 aliphatic rings. The minimum atomic E-state index is -0.290. The molecule has 1 heterocycles. The average Bonchev–Trinajstić information content (AvgIpc) is 2.75. The zero-order valence-electron chi connectivity index (χ0n) is 16.6. The van der Waals surface area contributed by atoms with Crippen LogP contribution in [0.25, 0.3) is 0 Å². The fourth-order valence-electron chi connectivity index (χ4n) is 4.62. The predicted molar refractivity (Wildman–Crippen MR) is 104 cm³/mol. The fraction of sp³-hybridized carbons (Fsp3) is 0.636. The number of fused-ring (bicyclic) bond motifs is 2. The standard InChI is InChI=1S/C22H31BO2/c1-14-9-16-11-17(12-16)10-15(2)20-13-18(7-8-19(14)20)23-24-21(3,4)22(5,6)25-23/h7-8,10,13-16H,9,11-12H2,1-6H3. The first-order valence-electron chi connectivity index (χ1n) is 9.85. The van der Waals surface area contributed by atoms with Gasteiger partial charge in [0.15, 0.2) is 0 Å². The van der Waals surface area contributed by atoms with Crippen molar-refractivity contribution in [2.24, 2.45) is 5.92 Å². The molecule has 1 aromatic rings. The smallest absolute Gasteiger partial charge is 0.399 e. The highest BCUT2D eigenvalue weighted by atomic mass is 16.7. The quantitative estimate of drug-likeness (QED) is 0.534. The van der Waals surface area contributed by atoms with E-state index in [1.54, 1.807) is 5.57 Å². The largest absolute Gasteiger partial charge is 0.494 e. The molecular formula is C22H31BO2. The highest BCUT2D eigenvalue weighted by Gasteiger charge is 2.51. The molecule has 1 aromatic carbocycles. The molecule has 0 radical (unpaired) electrons. The lowest BCUT2D eigenvalue weighted by atomic mass is 9.74. The van der Waals surface area contributed by atoms with Crippen molar-refractivity contribution in [1.82, 2.24) is 0 Å². The van der Waals surface area contributed by atoms with Crippen LogP contribution in [-0.4, -0.2) is 18.3 Å². The minimum Gasteiger partial charge on any atom is -0.399 e. The molecule has 0 N–H and O–H groups in total. The molecular weight excluding hydrogens is 307 g/mol. The van der Waals surface area contributed by atoms with Crippen LogP contribution in [0, 0.1) is 5.92 Å². The Labute approximate surface area is 153 Å². The summed E-state index contributed by atoms with van der Waals surface area (Å²) in [5, 5.41) is 0. The summed E-state index contributed by atoms with van der Waals surface area (Å²) in [5.41, 5.74) is 5.19. The Morgan fingerprint density at radius 3 is 2.24 bits per heavy atom. The maximum atomic E-state index is 6.28. The van der Waals surface area contributed by atoms with Gasteiger partial charge in [0.1, 0.15) is 0 Å². The van der Waals surface area contributed by atoms with E-state index in [9.17, 15) is 0 Å². The zero-order valence-corrected chi connectivity index (χ0v) is 16.6. The average molecular weight is 338 g/mol. The highest BCUT2D eigenvalue weighted by molar-refractivity contribution is 6.62. The summed E-state index contributed by atoms with van der Waals surface area (Å²) in [5.74, 6) is 1.99. The van der Waals surface area contributed by atoms with Gasteiger partial charge < -0.3 is 9.31 Å². The topological polar surface area (TPSA) is 18.5 Å². The SMILES string of the molecule is CC1C=C2CC(C2)CC(C)c2ccc(B3OC(C)(C)C(C)(C)O3)cc21. The van der Waals surface area contributed by atoms with Gasteiger partial charge in [0, 0.05) is 0 Å². The zero-order chi connectivity index (χ0) is 18.0. The van der Waals surface area contributed by atoms with Crippen molar-refractivity contribution in [3.05, 3.63) is 41.0 Å². The minimum absolute atomic E-state index is 0.272. The summed E-state index contributed by atoms with van der Waals surface area (Å²) in [7, 11) is -0.272. The van der Waals surface area contributed by atoms with E-state index in [0.717, 1.165) is 11.4 Å². The van der Waals surface area contributed by atoms with Crippen molar-refractivity contribution >= 4 is 12.6 Å². The molecule has 1 saturated heterocycles. The van der Waals surface area contributed by atoms with Gasteiger partial charge in [-0.25, -0.2) is 0 Å². The van der Waals surface area contributed by atoms with E-state index in [4.69, 9.17) is 9.31 Å². The monoisotopic (exact) mass is 338 g/mol. The van der Waals surface area contributed by atoms with Crippen molar-refractivity contribution in [2.75, 3.05) is 0 Å². The van der Waals surface area contributed by atoms with E-state index < -0.39 is 0 Å². The molecule has 3 heteroatoms. The number of hydrogen-bond acceptors (Lipinski definition) is 2. The van der Waals surface area contributed by atoms with E-state index in [-0.39, 0.29) is 18.3 Å². The number of hydrogen-bond donors (Lipinski definition) is 0. The van der Waals surface area contributed by atoms with Gasteiger partial charge in [-0.05, 0) is 81.3 Å². The van der Waals surface area contributed by atoms with Crippen LogP contribution in [0.15, 0.2) is 29.8 Å². The van der Waals surface area contributed by atoms with Crippen LogP contribution in [0.3, 0.4) is 0 Å². The van der Waals surface area contributed by atoms with Gasteiger partial charge >= 0.3 is 7.12 Å². The first kappa shape index (κ1) is 17.4. The van der Waals surface area contributed by atoms with Crippen molar-refractivity contribution < 1.29 is 9.31 Å². The van der Waals surface area contributed by atoms with Gasteiger partial charge in [-0.2, -0.15) is 0 Å². The van der Waals surface area contributed by atoms with E-state index >= 15 is 0 Å². The van der Waals surface area contributed by atoms with Crippen molar-refractivity contribution in [1.29, 1.82) is 0 Å². The first-order valence-corrected chi connectivity index (χ1v) is 9.85. The molecule has 1 saturated carbocycles. The van der Waals surface area contributed by atoms with Crippen LogP contribution in [0.2, 0.25) is 0 Å². The Bertz CT molecular complexity index is 695. The van der Waals surface area contributed by atoms with Gasteiger partial charge in [-0.1, -0.05) is 43.7 Å². The van der Waals surface area contributed by atoms with E-state index in [2.05, 4.69) is 65.8 Å². The van der Waals surface area contributed by atoms with Gasteiger partial charge in [0.25, 0.3) is 0 Å². The lowest BCUT2D eigenvalue weighted by molar-refractivity contribution is 0.00578. The highest BCUT2D eigenvalue weighted by Crippen LogP contribution is 2.44. The third kappa shape index (κ3) is 2.90. The maximum absolute atomic E-state index is 6.28. The molecule has 1 aliphatic heterocycles. The van der Waals surface area contributed by atoms with Gasteiger partial charge in [-0.3, -0.25) is 0 Å². The summed E-state index contributed by atoms with van der Waals surface area (Å²) in [4.78, 5) is 0. The summed E-state index contributed by atoms with van der Waals surface area (Å²) in [6, 6.07) is 6.90. The Hall–Kier alpha value is -1.06. The Morgan fingerprint density at radius 2 is 1.60 bits per heavy atom. The third-order valence-corrected chi connectivity index (χ3v) is 6.93. The Morgan fingerprint density at radius 1 is 0.960 bits per heavy atom. The van der Waals surface area contributed by atoms with Crippen LogP contribution >= 0.6 is 0 Å². The molecule has 0 spiro atoms. The lowest BCUT2D eigenvalue weighted by Gasteiger charge is -2.32. The molecule has 5 rings (SSSR count). The normalized spacial score (nSPS) is 32.8. The molecule has 25 heavy (non-hydrogen) atoms. The summed E-state index contributed by atoms with van der Waals surface area (Å²) < 4.78 is 12.6. The maximum Gasteiger partial charge on any atom is 0.494 e. The number of benzene rings is 1. The predicted octanol–water partition coefficient (Wildman–Crippen LogP) is 4.93. The molecule has 3 aliphatic carbocycles. The summed E-state index contributed by atoms with van der Waals surface area (Å²) in [6.45, 7) is 13.2. The van der Waals surface area contributed by atoms with Crippen molar-refractivity contribution in [3.63, 3.8) is 0 Å². The Balaban J connectivity index is 1.70. The molecule has 2 unspecified atom stereocenters. The number of rotatable bonds is 1. The van der Waals surface area contributed by atoms with E-state index in [1.807, 2.05) is 0 Å². The molecule has 134 valence electrons. The van der Waals surface area contributed by atoms with Gasteiger partial charge in [0.2, 0.25) is 0 Å². The summed E-state index contributed by atoms with van der Waals surface area (Å²) in [6.07, 6.45) is 6.44. The molecule has 0 aromatic heterocycles. The molecule has 0 amide bonds. The summed E-state index contributed by atoms with van der Waals surface area (Å²) >= 11 is 0. The molecule has 2 nitrogen and oxygen atoms in total. The second kappa shape index (κ2) is 5.72. The first-order chi connectivity index (χ1) is 11.7. The van der Waals surface area contributed by atoms with Gasteiger partial charge in [-0.15, -0.1) is 0 Å². The van der Waals surface area contributed by atoms with Crippen LogP contribution in [0.4, 0.5) is 0 Å². The number of allylic oxidation sites excluding steroid dienone is 2.